The van der Waals surface area contributed by atoms with Crippen molar-refractivity contribution < 1.29 is 14.3 Å². The molecule has 46 heavy (non-hydrogen) atoms. The van der Waals surface area contributed by atoms with E-state index in [0.717, 1.165) is 35.7 Å². The van der Waals surface area contributed by atoms with Crippen LogP contribution in [0.2, 0.25) is 15.1 Å². The Morgan fingerprint density at radius 1 is 0.957 bits per heavy atom. The quantitative estimate of drug-likeness (QED) is 0.199. The van der Waals surface area contributed by atoms with Crippen LogP contribution < -0.4 is 20.4 Å². The molecule has 10 heteroatoms. The van der Waals surface area contributed by atoms with E-state index in [1.807, 2.05) is 6.07 Å². The number of benzene rings is 3. The van der Waals surface area contributed by atoms with Gasteiger partial charge >= 0.3 is 0 Å². The van der Waals surface area contributed by atoms with Crippen molar-refractivity contribution in [1.29, 1.82) is 0 Å². The zero-order chi connectivity index (χ0) is 33.8. The molecule has 2 N–H and O–H groups in total. The maximum atomic E-state index is 13.2. The van der Waals surface area contributed by atoms with E-state index in [0.29, 0.717) is 17.1 Å². The molecule has 0 saturated carbocycles. The number of amides is 2. The lowest BCUT2D eigenvalue weighted by molar-refractivity contribution is -0.116. The van der Waals surface area contributed by atoms with Gasteiger partial charge in [-0.2, -0.15) is 10.1 Å². The van der Waals surface area contributed by atoms with Crippen LogP contribution in [0.5, 0.6) is 5.75 Å². The highest BCUT2D eigenvalue weighted by molar-refractivity contribution is 6.42. The van der Waals surface area contributed by atoms with Crippen molar-refractivity contribution in [3.63, 3.8) is 0 Å². The van der Waals surface area contributed by atoms with Gasteiger partial charge in [-0.1, -0.05) is 101 Å². The maximum absolute atomic E-state index is 13.2. The fourth-order valence-electron chi connectivity index (χ4n) is 5.04. The van der Waals surface area contributed by atoms with Crippen LogP contribution in [-0.4, -0.2) is 30.3 Å². The van der Waals surface area contributed by atoms with Gasteiger partial charge in [0, 0.05) is 21.8 Å². The Balaban J connectivity index is 1.45. The first-order valence-corrected chi connectivity index (χ1v) is 16.8. The topological polar surface area (TPSA) is 83.0 Å². The van der Waals surface area contributed by atoms with Gasteiger partial charge in [0.2, 0.25) is 0 Å². The minimum atomic E-state index is -0.393. The van der Waals surface area contributed by atoms with Gasteiger partial charge < -0.3 is 15.4 Å². The number of halogens is 3. The van der Waals surface area contributed by atoms with Crippen molar-refractivity contribution in [2.24, 2.45) is 5.10 Å². The zero-order valence-electron chi connectivity index (χ0n) is 27.6. The first kappa shape index (κ1) is 35.6. The van der Waals surface area contributed by atoms with Gasteiger partial charge in [0.15, 0.2) is 0 Å². The average molecular weight is 686 g/mol. The molecule has 1 atom stereocenters. The summed E-state index contributed by atoms with van der Waals surface area (Å²) in [5.41, 5.74) is 3.98. The lowest BCUT2D eigenvalue weighted by Gasteiger charge is -2.31. The fourth-order valence-corrected chi connectivity index (χ4v) is 6.02. The van der Waals surface area contributed by atoms with Crippen LogP contribution in [0, 0.1) is 0 Å². The molecular weight excluding hydrogens is 643 g/mol. The van der Waals surface area contributed by atoms with E-state index in [1.165, 1.54) is 23.3 Å². The number of rotatable bonds is 12. The van der Waals surface area contributed by atoms with Crippen molar-refractivity contribution >= 4 is 63.8 Å². The summed E-state index contributed by atoms with van der Waals surface area (Å²) in [5, 5.41) is 12.2. The number of nitrogens with one attached hydrogen (secondary N) is 2. The van der Waals surface area contributed by atoms with E-state index in [9.17, 15) is 9.59 Å². The molecule has 7 nitrogen and oxygen atoms in total. The second-order valence-corrected chi connectivity index (χ2v) is 14.1. The van der Waals surface area contributed by atoms with Gasteiger partial charge in [0.1, 0.15) is 23.4 Å². The number of hydrogen-bond donors (Lipinski definition) is 2. The molecule has 3 aromatic rings. The van der Waals surface area contributed by atoms with Gasteiger partial charge in [0.25, 0.3) is 11.8 Å². The molecule has 0 saturated heterocycles. The van der Waals surface area contributed by atoms with Gasteiger partial charge in [-0.3, -0.25) is 9.59 Å². The Morgan fingerprint density at radius 3 is 2.26 bits per heavy atom. The zero-order valence-corrected chi connectivity index (χ0v) is 29.8. The predicted molar refractivity (Wildman–Crippen MR) is 191 cm³/mol. The summed E-state index contributed by atoms with van der Waals surface area (Å²) in [5.74, 6) is 0.326. The molecule has 1 aliphatic rings. The number of carbonyl (C=O) groups excluding carboxylic acids is 2. The maximum Gasteiger partial charge on any atom is 0.256 e. The van der Waals surface area contributed by atoms with Crippen molar-refractivity contribution in [3.05, 3.63) is 86.4 Å². The predicted octanol–water partition coefficient (Wildman–Crippen LogP) is 9.77. The molecule has 0 bridgehead atoms. The number of hydrazone groups is 1. The van der Waals surface area contributed by atoms with Crippen molar-refractivity contribution in [1.82, 2.24) is 5.32 Å². The first-order chi connectivity index (χ1) is 21.7. The second kappa shape index (κ2) is 14.7. The lowest BCUT2D eigenvalue weighted by Crippen LogP contribution is -2.30. The number of anilines is 2. The summed E-state index contributed by atoms with van der Waals surface area (Å²) in [6, 6.07) is 16.8. The summed E-state index contributed by atoms with van der Waals surface area (Å²) < 4.78 is 6.63. The van der Waals surface area contributed by atoms with Crippen LogP contribution in [0.15, 0.2) is 59.7 Å². The summed E-state index contributed by atoms with van der Waals surface area (Å²) in [6.45, 7) is 16.2. The summed E-state index contributed by atoms with van der Waals surface area (Å²) in [6.07, 6.45) is 2.64. The average Bonchev–Trinajstić information content (AvgIpc) is 3.37. The highest BCUT2D eigenvalue weighted by Gasteiger charge is 2.30. The normalized spacial score (nSPS) is 14.3. The van der Waals surface area contributed by atoms with Gasteiger partial charge in [-0.05, 0) is 72.1 Å². The van der Waals surface area contributed by atoms with Crippen LogP contribution in [0.1, 0.15) is 95.6 Å². The largest absolute Gasteiger partial charge is 0.488 e. The molecule has 0 aliphatic carbocycles. The smallest absolute Gasteiger partial charge is 0.256 e. The molecular formula is C36H43Cl3N4O3. The van der Waals surface area contributed by atoms with Gasteiger partial charge in [0.05, 0.1) is 23.0 Å². The number of nitrogens with zero attached hydrogens (tertiary/aromatic N) is 2. The Kier molecular flexibility index (Phi) is 11.3. The van der Waals surface area contributed by atoms with Crippen molar-refractivity contribution in [3.8, 4) is 5.75 Å². The van der Waals surface area contributed by atoms with Crippen LogP contribution in [-0.2, 0) is 15.6 Å². The minimum Gasteiger partial charge on any atom is -0.488 e. The summed E-state index contributed by atoms with van der Waals surface area (Å²) in [4.78, 5) is 25.9. The number of amidine groups is 1. The van der Waals surface area contributed by atoms with E-state index in [2.05, 4.69) is 82.4 Å². The number of ether oxygens (including phenoxy) is 1. The van der Waals surface area contributed by atoms with E-state index >= 15 is 0 Å². The minimum absolute atomic E-state index is 0.0405. The standard InChI is InChI=1S/C36H43Cl3N4O3/c1-8-26(46-30-15-14-23(35(4,5)9-2)17-27(30)36(6,7)10-3)21-40-25-13-11-12-22(16-25)34(45)41-31-20-32(44)43(42-31)33-28(38)18-24(37)19-29(33)39/h11-19,26,40H,8-10,20-21H2,1-7H3,(H,41,42,45). The highest BCUT2D eigenvalue weighted by Crippen LogP contribution is 2.40. The fraction of sp³-hybridized carbons (Fsp3) is 0.417. The molecule has 1 heterocycles. The lowest BCUT2D eigenvalue weighted by atomic mass is 9.76. The third-order valence-electron chi connectivity index (χ3n) is 8.89. The molecule has 1 aliphatic heterocycles. The summed E-state index contributed by atoms with van der Waals surface area (Å²) in [7, 11) is 0. The van der Waals surface area contributed by atoms with Crippen LogP contribution in [0.25, 0.3) is 0 Å². The molecule has 246 valence electrons. The van der Waals surface area contributed by atoms with Gasteiger partial charge in [-0.15, -0.1) is 0 Å². The monoisotopic (exact) mass is 684 g/mol. The number of carbonyl (C=O) groups is 2. The van der Waals surface area contributed by atoms with E-state index in [-0.39, 0.29) is 50.8 Å². The van der Waals surface area contributed by atoms with Crippen molar-refractivity contribution in [2.45, 2.75) is 91.1 Å². The molecule has 0 spiro atoms. The Bertz CT molecular complexity index is 1610. The van der Waals surface area contributed by atoms with E-state index in [4.69, 9.17) is 39.5 Å². The molecule has 3 aromatic carbocycles. The second-order valence-electron chi connectivity index (χ2n) is 12.9. The Morgan fingerprint density at radius 2 is 1.63 bits per heavy atom. The van der Waals surface area contributed by atoms with Crippen molar-refractivity contribution in [2.75, 3.05) is 16.9 Å². The Hall–Kier alpha value is -3.26. The molecule has 0 aromatic heterocycles. The molecule has 0 fully saturated rings. The van der Waals surface area contributed by atoms with Gasteiger partial charge in [-0.25, -0.2) is 0 Å². The molecule has 1 unspecified atom stereocenters. The third kappa shape index (κ3) is 8.17. The molecule has 0 radical (unpaired) electrons. The van der Waals surface area contributed by atoms with E-state index in [1.54, 1.807) is 18.2 Å². The number of hydrogen-bond acceptors (Lipinski definition) is 5. The summed E-state index contributed by atoms with van der Waals surface area (Å²) >= 11 is 18.6. The molecule has 2 amide bonds. The van der Waals surface area contributed by atoms with E-state index < -0.39 is 5.91 Å². The SMILES string of the molecule is CCC(CNc1cccc(C(=O)NC2=NN(c3c(Cl)cc(Cl)cc3Cl)C(=O)C2)c1)Oc1ccc(C(C)(C)CC)cc1C(C)(C)CC. The third-order valence-corrected chi connectivity index (χ3v) is 9.69. The molecule has 4 rings (SSSR count). The van der Waals surface area contributed by atoms with Crippen LogP contribution >= 0.6 is 34.8 Å². The van der Waals surface area contributed by atoms with Crippen LogP contribution in [0.3, 0.4) is 0 Å². The highest BCUT2D eigenvalue weighted by atomic mass is 35.5. The Labute approximate surface area is 287 Å². The van der Waals surface area contributed by atoms with Crippen LogP contribution in [0.4, 0.5) is 11.4 Å². The first-order valence-electron chi connectivity index (χ1n) is 15.7.